The van der Waals surface area contributed by atoms with Gasteiger partial charge in [-0.05, 0) is 62.3 Å². The molecule has 2 saturated carbocycles. The molecule has 5 rings (SSSR count). The Bertz CT molecular complexity index is 741. The Morgan fingerprint density at radius 1 is 1.25 bits per heavy atom. The average Bonchev–Trinajstić information content (AvgIpc) is 3.39. The number of anilines is 1. The summed E-state index contributed by atoms with van der Waals surface area (Å²) in [4.78, 5) is 2.46. The van der Waals surface area contributed by atoms with Crippen molar-refractivity contribution in [3.05, 3.63) is 23.8 Å². The molecular formula is C24H35NO3. The van der Waals surface area contributed by atoms with Gasteiger partial charge in [0.25, 0.3) is 0 Å². The normalized spacial score (nSPS) is 38.6. The summed E-state index contributed by atoms with van der Waals surface area (Å²) in [6, 6.07) is 6.72. The first-order valence-corrected chi connectivity index (χ1v) is 11.3. The molecule has 2 aliphatic carbocycles. The van der Waals surface area contributed by atoms with Crippen LogP contribution in [0.2, 0.25) is 0 Å². The Kier molecular flexibility index (Phi) is 4.44. The van der Waals surface area contributed by atoms with E-state index in [4.69, 9.17) is 9.47 Å². The highest BCUT2D eigenvalue weighted by Crippen LogP contribution is 2.70. The number of aliphatic hydroxyl groups excluding tert-OH is 1. The Morgan fingerprint density at radius 3 is 2.75 bits per heavy atom. The van der Waals surface area contributed by atoms with Crippen molar-refractivity contribution in [3.63, 3.8) is 0 Å². The first-order valence-electron chi connectivity index (χ1n) is 11.3. The molecule has 4 fully saturated rings. The molecule has 1 aromatic carbocycles. The van der Waals surface area contributed by atoms with Crippen molar-refractivity contribution in [1.82, 2.24) is 0 Å². The quantitative estimate of drug-likeness (QED) is 0.825. The van der Waals surface area contributed by atoms with Crippen LogP contribution in [0.15, 0.2) is 18.2 Å². The van der Waals surface area contributed by atoms with Crippen LogP contribution >= 0.6 is 0 Å². The lowest BCUT2D eigenvalue weighted by Crippen LogP contribution is -2.51. The Hall–Kier alpha value is -1.26. The van der Waals surface area contributed by atoms with E-state index in [1.165, 1.54) is 24.1 Å². The van der Waals surface area contributed by atoms with Crippen LogP contribution in [0.5, 0.6) is 5.75 Å². The van der Waals surface area contributed by atoms with Gasteiger partial charge in [0.2, 0.25) is 0 Å². The molecule has 5 atom stereocenters. The molecule has 1 unspecified atom stereocenters. The Morgan fingerprint density at radius 2 is 2.04 bits per heavy atom. The van der Waals surface area contributed by atoms with Gasteiger partial charge in [0.15, 0.2) is 0 Å². The van der Waals surface area contributed by atoms with E-state index < -0.39 is 0 Å². The molecular weight excluding hydrogens is 350 g/mol. The number of nitrogens with zero attached hydrogens (tertiary/aromatic N) is 1. The van der Waals surface area contributed by atoms with Crippen molar-refractivity contribution in [2.75, 3.05) is 31.2 Å². The maximum Gasteiger partial charge on any atom is 0.127 e. The first kappa shape index (κ1) is 18.7. The van der Waals surface area contributed by atoms with Gasteiger partial charge in [-0.25, -0.2) is 0 Å². The fraction of sp³-hybridized carbons (Fsp3) is 0.750. The van der Waals surface area contributed by atoms with E-state index in [1.807, 2.05) is 0 Å². The average molecular weight is 386 g/mol. The summed E-state index contributed by atoms with van der Waals surface area (Å²) in [5.74, 6) is 1.97. The van der Waals surface area contributed by atoms with E-state index in [1.54, 1.807) is 0 Å². The van der Waals surface area contributed by atoms with E-state index in [2.05, 4.69) is 43.9 Å². The monoisotopic (exact) mass is 385 g/mol. The summed E-state index contributed by atoms with van der Waals surface area (Å²) < 4.78 is 12.5. The van der Waals surface area contributed by atoms with E-state index in [-0.39, 0.29) is 23.0 Å². The predicted molar refractivity (Wildman–Crippen MR) is 111 cm³/mol. The number of fused-ring (bicyclic) bond motifs is 1. The molecule has 2 saturated heterocycles. The molecule has 28 heavy (non-hydrogen) atoms. The summed E-state index contributed by atoms with van der Waals surface area (Å²) in [5, 5.41) is 11.3. The second kappa shape index (κ2) is 6.63. The summed E-state index contributed by atoms with van der Waals surface area (Å²) in [6.07, 6.45) is 5.67. The van der Waals surface area contributed by atoms with Gasteiger partial charge in [0.1, 0.15) is 5.75 Å². The smallest absolute Gasteiger partial charge is 0.127 e. The molecule has 0 amide bonds. The molecule has 2 bridgehead atoms. The lowest BCUT2D eigenvalue weighted by molar-refractivity contribution is -0.164. The minimum Gasteiger partial charge on any atom is -0.493 e. The van der Waals surface area contributed by atoms with Crippen LogP contribution in [0, 0.1) is 22.7 Å². The first-order chi connectivity index (χ1) is 13.5. The minimum atomic E-state index is -0.227. The number of ether oxygens (including phenoxy) is 2. The maximum absolute atomic E-state index is 11.3. The third-order valence-electron chi connectivity index (χ3n) is 8.51. The molecule has 1 spiro atoms. The number of hydrogen-bond acceptors (Lipinski definition) is 4. The fourth-order valence-electron chi connectivity index (χ4n) is 6.94. The van der Waals surface area contributed by atoms with Crippen molar-refractivity contribution in [2.45, 2.75) is 65.1 Å². The van der Waals surface area contributed by atoms with Gasteiger partial charge in [-0.15, -0.1) is 0 Å². The number of hydrogen-bond donors (Lipinski definition) is 1. The van der Waals surface area contributed by atoms with Gasteiger partial charge in [0, 0.05) is 42.4 Å². The molecule has 0 aromatic heterocycles. The molecule has 4 aliphatic rings. The van der Waals surface area contributed by atoms with Crippen molar-refractivity contribution in [1.29, 1.82) is 0 Å². The van der Waals surface area contributed by atoms with Crippen LogP contribution < -0.4 is 9.64 Å². The third-order valence-corrected chi connectivity index (χ3v) is 8.51. The van der Waals surface area contributed by atoms with Crippen LogP contribution in [-0.4, -0.2) is 37.5 Å². The van der Waals surface area contributed by atoms with Crippen LogP contribution in [-0.2, 0) is 4.74 Å². The second-order valence-corrected chi connectivity index (χ2v) is 10.1. The highest BCUT2D eigenvalue weighted by molar-refractivity contribution is 5.55. The minimum absolute atomic E-state index is 0.0220. The van der Waals surface area contributed by atoms with E-state index in [0.29, 0.717) is 18.4 Å². The zero-order valence-electron chi connectivity index (χ0n) is 17.6. The van der Waals surface area contributed by atoms with Crippen LogP contribution in [0.3, 0.4) is 0 Å². The van der Waals surface area contributed by atoms with Gasteiger partial charge in [0.05, 0.1) is 18.8 Å². The standard InChI is InChI=1S/C24H35NO3/c1-4-27-20-14-17(25-10-5-6-11-25)7-8-18(20)21-19-13-16-15-24(19,9-12-28-21)22(26)23(16,2)3/h7-8,14,16,19,21-22,26H,4-6,9-13,15H2,1-3H3/t16-,19-,21-,22-,24?/m1/s1. The van der Waals surface area contributed by atoms with Gasteiger partial charge >= 0.3 is 0 Å². The zero-order valence-corrected chi connectivity index (χ0v) is 17.6. The largest absolute Gasteiger partial charge is 0.493 e. The van der Waals surface area contributed by atoms with E-state index in [0.717, 1.165) is 44.7 Å². The fourth-order valence-corrected chi connectivity index (χ4v) is 6.94. The van der Waals surface area contributed by atoms with Gasteiger partial charge in [-0.1, -0.05) is 19.9 Å². The molecule has 2 aliphatic heterocycles. The van der Waals surface area contributed by atoms with E-state index >= 15 is 0 Å². The summed E-state index contributed by atoms with van der Waals surface area (Å²) in [5.41, 5.74) is 2.50. The number of aliphatic hydroxyl groups is 1. The van der Waals surface area contributed by atoms with Crippen molar-refractivity contribution < 1.29 is 14.6 Å². The summed E-state index contributed by atoms with van der Waals surface area (Å²) >= 11 is 0. The molecule has 1 aromatic rings. The molecule has 4 nitrogen and oxygen atoms in total. The lowest BCUT2D eigenvalue weighted by Gasteiger charge is -2.51. The van der Waals surface area contributed by atoms with E-state index in [9.17, 15) is 5.11 Å². The molecule has 2 heterocycles. The Balaban J connectivity index is 1.49. The van der Waals surface area contributed by atoms with Crippen LogP contribution in [0.25, 0.3) is 0 Å². The van der Waals surface area contributed by atoms with Gasteiger partial charge in [-0.2, -0.15) is 0 Å². The molecule has 1 N–H and O–H groups in total. The van der Waals surface area contributed by atoms with Gasteiger partial charge in [-0.3, -0.25) is 0 Å². The van der Waals surface area contributed by atoms with Crippen molar-refractivity contribution in [2.24, 2.45) is 22.7 Å². The maximum atomic E-state index is 11.3. The molecule has 0 radical (unpaired) electrons. The molecule has 4 heteroatoms. The predicted octanol–water partition coefficient (Wildman–Crippen LogP) is 4.56. The topological polar surface area (TPSA) is 41.9 Å². The highest BCUT2D eigenvalue weighted by Gasteiger charge is 2.68. The van der Waals surface area contributed by atoms with Crippen LogP contribution in [0.1, 0.15) is 64.5 Å². The lowest BCUT2D eigenvalue weighted by atomic mass is 9.60. The number of rotatable bonds is 4. The highest BCUT2D eigenvalue weighted by atomic mass is 16.5. The van der Waals surface area contributed by atoms with Crippen LogP contribution in [0.4, 0.5) is 5.69 Å². The Labute approximate surface area is 169 Å². The SMILES string of the molecule is CCOc1cc(N2CCCC2)ccc1[C@H]1OCCC23C[C@@H](C[C@H]12)C(C)(C)[C@H]3O. The zero-order chi connectivity index (χ0) is 19.5. The van der Waals surface area contributed by atoms with Crippen molar-refractivity contribution in [3.8, 4) is 5.75 Å². The molecule has 154 valence electrons. The number of benzene rings is 1. The second-order valence-electron chi connectivity index (χ2n) is 10.1. The summed E-state index contributed by atoms with van der Waals surface area (Å²) in [7, 11) is 0. The third kappa shape index (κ3) is 2.56. The van der Waals surface area contributed by atoms with Gasteiger partial charge < -0.3 is 19.5 Å². The van der Waals surface area contributed by atoms with Crippen molar-refractivity contribution >= 4 is 5.69 Å². The summed E-state index contributed by atoms with van der Waals surface area (Å²) in [6.45, 7) is 10.2.